The molecule has 1 aliphatic heterocycles. The van der Waals surface area contributed by atoms with E-state index in [-0.39, 0.29) is 5.91 Å². The van der Waals surface area contributed by atoms with Crippen molar-refractivity contribution in [3.63, 3.8) is 0 Å². The number of fused-ring (bicyclic) bond motifs is 3. The molecule has 8 heteroatoms. The number of halogens is 1. The molecule has 0 radical (unpaired) electrons. The smallest absolute Gasteiger partial charge is 0.255 e. The molecular formula is C27H23ClN6O. The molecule has 2 aromatic heterocycles. The number of rotatable bonds is 3. The fourth-order valence-electron chi connectivity index (χ4n) is 4.69. The van der Waals surface area contributed by atoms with Gasteiger partial charge in [-0.05, 0) is 36.8 Å². The van der Waals surface area contributed by atoms with Gasteiger partial charge >= 0.3 is 0 Å². The van der Waals surface area contributed by atoms with Gasteiger partial charge in [0.05, 0.1) is 16.1 Å². The minimum Gasteiger partial charge on any atom is -0.338 e. The molecule has 3 heterocycles. The summed E-state index contributed by atoms with van der Waals surface area (Å²) < 4.78 is 2.05. The molecule has 6 rings (SSSR count). The molecule has 1 amide bonds. The van der Waals surface area contributed by atoms with E-state index in [9.17, 15) is 4.79 Å². The summed E-state index contributed by atoms with van der Waals surface area (Å²) >= 11 is 6.27. The molecule has 0 saturated carbocycles. The third-order valence-corrected chi connectivity index (χ3v) is 6.90. The number of hydrogen-bond acceptors (Lipinski definition) is 5. The van der Waals surface area contributed by atoms with E-state index in [2.05, 4.69) is 38.6 Å². The molecule has 0 aliphatic carbocycles. The van der Waals surface area contributed by atoms with E-state index in [1.54, 1.807) is 12.1 Å². The van der Waals surface area contributed by atoms with Crippen molar-refractivity contribution in [1.29, 1.82) is 0 Å². The van der Waals surface area contributed by atoms with E-state index in [4.69, 9.17) is 16.6 Å². The van der Waals surface area contributed by atoms with Crippen molar-refractivity contribution in [3.8, 4) is 11.4 Å². The van der Waals surface area contributed by atoms with Crippen LogP contribution in [-0.2, 0) is 0 Å². The van der Waals surface area contributed by atoms with Gasteiger partial charge in [-0.1, -0.05) is 60.1 Å². The van der Waals surface area contributed by atoms with Crippen LogP contribution in [0.1, 0.15) is 15.9 Å². The van der Waals surface area contributed by atoms with Crippen LogP contribution >= 0.6 is 11.6 Å². The molecule has 0 unspecified atom stereocenters. The molecule has 0 atom stereocenters. The fraction of sp³-hybridized carbons (Fsp3) is 0.185. The predicted molar refractivity (Wildman–Crippen MR) is 138 cm³/mol. The lowest BCUT2D eigenvalue weighted by Crippen LogP contribution is -2.49. The standard InChI is InChI=1S/C27H23ClN6O/c1-18-8-2-3-9-19(18)24-30-31-25-21-11-5-7-13-23(21)29-27(34(24)25)33-16-14-32(15-17-33)26(35)20-10-4-6-12-22(20)28/h2-13H,14-17H2,1H3. The quantitative estimate of drug-likeness (QED) is 0.367. The van der Waals surface area contributed by atoms with Gasteiger partial charge in [0.15, 0.2) is 11.5 Å². The summed E-state index contributed by atoms with van der Waals surface area (Å²) in [5.41, 5.74) is 4.32. The van der Waals surface area contributed by atoms with Crippen LogP contribution in [0, 0.1) is 6.92 Å². The Labute approximate surface area is 207 Å². The number of carbonyl (C=O) groups excluding carboxylic acids is 1. The monoisotopic (exact) mass is 482 g/mol. The van der Waals surface area contributed by atoms with E-state index in [1.165, 1.54) is 0 Å². The van der Waals surface area contributed by atoms with Crippen LogP contribution in [0.5, 0.6) is 0 Å². The second-order valence-electron chi connectivity index (χ2n) is 8.69. The van der Waals surface area contributed by atoms with Gasteiger partial charge in [0.1, 0.15) is 0 Å². The summed E-state index contributed by atoms with van der Waals surface area (Å²) in [7, 11) is 0. The largest absolute Gasteiger partial charge is 0.338 e. The molecule has 3 aromatic carbocycles. The Kier molecular flexibility index (Phi) is 5.34. The highest BCUT2D eigenvalue weighted by atomic mass is 35.5. The second kappa shape index (κ2) is 8.67. The maximum atomic E-state index is 13.1. The summed E-state index contributed by atoms with van der Waals surface area (Å²) in [6, 6.07) is 23.4. The molecule has 1 aliphatic rings. The zero-order chi connectivity index (χ0) is 23.9. The number of aryl methyl sites for hydroxylation is 1. The van der Waals surface area contributed by atoms with Crippen LogP contribution < -0.4 is 4.90 Å². The Morgan fingerprint density at radius 1 is 0.857 bits per heavy atom. The number of anilines is 1. The summed E-state index contributed by atoms with van der Waals surface area (Å²) in [5.74, 6) is 1.50. The van der Waals surface area contributed by atoms with E-state index >= 15 is 0 Å². The van der Waals surface area contributed by atoms with E-state index < -0.39 is 0 Å². The van der Waals surface area contributed by atoms with Crippen LogP contribution in [0.15, 0.2) is 72.8 Å². The van der Waals surface area contributed by atoms with Gasteiger partial charge in [-0.3, -0.25) is 4.79 Å². The van der Waals surface area contributed by atoms with Crippen molar-refractivity contribution in [3.05, 3.63) is 88.9 Å². The first-order valence-corrected chi connectivity index (χ1v) is 12.0. The zero-order valence-electron chi connectivity index (χ0n) is 19.2. The molecule has 35 heavy (non-hydrogen) atoms. The van der Waals surface area contributed by atoms with E-state index in [0.29, 0.717) is 36.8 Å². The molecular weight excluding hydrogens is 460 g/mol. The van der Waals surface area contributed by atoms with Crippen LogP contribution in [0.25, 0.3) is 27.9 Å². The van der Waals surface area contributed by atoms with Crippen molar-refractivity contribution in [2.24, 2.45) is 0 Å². The normalized spacial score (nSPS) is 14.1. The highest BCUT2D eigenvalue weighted by molar-refractivity contribution is 6.33. The lowest BCUT2D eigenvalue weighted by molar-refractivity contribution is 0.0746. The topological polar surface area (TPSA) is 66.6 Å². The number of hydrogen-bond donors (Lipinski definition) is 0. The third kappa shape index (κ3) is 3.68. The minimum absolute atomic E-state index is 0.0447. The van der Waals surface area contributed by atoms with Gasteiger partial charge < -0.3 is 9.80 Å². The summed E-state index contributed by atoms with van der Waals surface area (Å²) in [6.07, 6.45) is 0. The number of para-hydroxylation sites is 1. The highest BCUT2D eigenvalue weighted by Crippen LogP contribution is 2.30. The number of nitrogens with zero attached hydrogens (tertiary/aromatic N) is 6. The average Bonchev–Trinajstić information content (AvgIpc) is 3.34. The van der Waals surface area contributed by atoms with Crippen molar-refractivity contribution in [2.75, 3.05) is 31.1 Å². The first-order chi connectivity index (χ1) is 17.1. The molecule has 0 bridgehead atoms. The number of benzene rings is 3. The predicted octanol–water partition coefficient (Wildman–Crippen LogP) is 4.87. The average molecular weight is 483 g/mol. The molecule has 7 nitrogen and oxygen atoms in total. The van der Waals surface area contributed by atoms with Gasteiger partial charge in [-0.2, -0.15) is 0 Å². The van der Waals surface area contributed by atoms with Crippen molar-refractivity contribution in [2.45, 2.75) is 6.92 Å². The summed E-state index contributed by atoms with van der Waals surface area (Å²) in [6.45, 7) is 4.50. The Bertz CT molecular complexity index is 1570. The Morgan fingerprint density at radius 2 is 1.57 bits per heavy atom. The lowest BCUT2D eigenvalue weighted by atomic mass is 10.1. The fourth-order valence-corrected chi connectivity index (χ4v) is 4.91. The summed E-state index contributed by atoms with van der Waals surface area (Å²) in [4.78, 5) is 22.2. The number of piperazine rings is 1. The Balaban J connectivity index is 1.40. The number of carbonyl (C=O) groups is 1. The van der Waals surface area contributed by atoms with Crippen LogP contribution in [0.4, 0.5) is 5.95 Å². The van der Waals surface area contributed by atoms with Gasteiger partial charge in [-0.15, -0.1) is 10.2 Å². The molecule has 174 valence electrons. The maximum absolute atomic E-state index is 13.1. The van der Waals surface area contributed by atoms with Crippen LogP contribution in [0.2, 0.25) is 5.02 Å². The molecule has 0 N–H and O–H groups in total. The highest BCUT2D eigenvalue weighted by Gasteiger charge is 2.27. The number of amides is 1. The summed E-state index contributed by atoms with van der Waals surface area (Å²) in [5, 5.41) is 10.6. The van der Waals surface area contributed by atoms with Crippen LogP contribution in [-0.4, -0.2) is 56.6 Å². The van der Waals surface area contributed by atoms with Crippen molar-refractivity contribution >= 4 is 40.0 Å². The van der Waals surface area contributed by atoms with Gasteiger partial charge in [0.25, 0.3) is 5.91 Å². The number of aromatic nitrogens is 4. The van der Waals surface area contributed by atoms with Crippen LogP contribution in [0.3, 0.4) is 0 Å². The molecule has 1 saturated heterocycles. The molecule has 5 aromatic rings. The van der Waals surface area contributed by atoms with Crippen molar-refractivity contribution < 1.29 is 4.79 Å². The zero-order valence-corrected chi connectivity index (χ0v) is 20.0. The molecule has 1 fully saturated rings. The van der Waals surface area contributed by atoms with Crippen molar-refractivity contribution in [1.82, 2.24) is 24.5 Å². The Hall–Kier alpha value is -3.97. The first-order valence-electron chi connectivity index (χ1n) is 11.6. The van der Waals surface area contributed by atoms with Gasteiger partial charge in [-0.25, -0.2) is 9.38 Å². The van der Waals surface area contributed by atoms with E-state index in [0.717, 1.165) is 39.4 Å². The minimum atomic E-state index is -0.0447. The second-order valence-corrected chi connectivity index (χ2v) is 9.09. The lowest BCUT2D eigenvalue weighted by Gasteiger charge is -2.35. The maximum Gasteiger partial charge on any atom is 0.255 e. The van der Waals surface area contributed by atoms with Gasteiger partial charge in [0, 0.05) is 37.1 Å². The van der Waals surface area contributed by atoms with Gasteiger partial charge in [0.2, 0.25) is 5.95 Å². The first kappa shape index (κ1) is 21.6. The third-order valence-electron chi connectivity index (χ3n) is 6.57. The SMILES string of the molecule is Cc1ccccc1-c1nnc2c3ccccc3nc(N3CCN(C(=O)c4ccccc4Cl)CC3)n12. The Morgan fingerprint density at radius 3 is 2.37 bits per heavy atom. The molecule has 0 spiro atoms. The van der Waals surface area contributed by atoms with E-state index in [1.807, 2.05) is 53.4 Å².